The van der Waals surface area contributed by atoms with Crippen LogP contribution in [-0.4, -0.2) is 37.2 Å². The van der Waals surface area contributed by atoms with Crippen LogP contribution in [0.5, 0.6) is 0 Å². The Bertz CT molecular complexity index is 527. The Hall–Kier alpha value is -2.06. The van der Waals surface area contributed by atoms with E-state index in [-0.39, 0.29) is 24.2 Å². The Morgan fingerprint density at radius 2 is 2.33 bits per heavy atom. The predicted molar refractivity (Wildman–Crippen MR) is 79.4 cm³/mol. The quantitative estimate of drug-likeness (QED) is 0.684. The molecule has 1 aliphatic rings. The van der Waals surface area contributed by atoms with E-state index in [1.165, 1.54) is 6.07 Å². The molecule has 1 aromatic carbocycles. The lowest BCUT2D eigenvalue weighted by atomic mass is 9.99. The first kappa shape index (κ1) is 15.3. The number of hydrogen-bond acceptors (Lipinski definition) is 2. The van der Waals surface area contributed by atoms with E-state index in [9.17, 15) is 9.18 Å². The fraction of sp³-hybridized carbons (Fsp3) is 0.438. The molecule has 1 atom stereocenters. The lowest BCUT2D eigenvalue weighted by Crippen LogP contribution is -2.43. The van der Waals surface area contributed by atoms with Gasteiger partial charge in [0.1, 0.15) is 12.4 Å². The molecular formula is C16H19FN2O2. The average molecular weight is 290 g/mol. The van der Waals surface area contributed by atoms with Gasteiger partial charge in [-0.25, -0.2) is 9.18 Å². The van der Waals surface area contributed by atoms with Crippen molar-refractivity contribution in [1.82, 2.24) is 4.90 Å². The summed E-state index contributed by atoms with van der Waals surface area (Å²) >= 11 is 0. The number of carbonyl (C=O) groups excluding carboxylic acids is 1. The Labute approximate surface area is 124 Å². The number of halogens is 1. The van der Waals surface area contributed by atoms with Crippen molar-refractivity contribution in [3.8, 4) is 12.3 Å². The highest BCUT2D eigenvalue weighted by Gasteiger charge is 2.24. The number of carbonyl (C=O) groups is 1. The Morgan fingerprint density at radius 1 is 1.52 bits per heavy atom. The third-order valence-corrected chi connectivity index (χ3v) is 3.46. The molecule has 1 heterocycles. The zero-order chi connectivity index (χ0) is 15.1. The molecule has 1 aliphatic heterocycles. The first-order chi connectivity index (χ1) is 10.2. The van der Waals surface area contributed by atoms with Gasteiger partial charge in [0.15, 0.2) is 0 Å². The van der Waals surface area contributed by atoms with Gasteiger partial charge in [0.05, 0.1) is 12.3 Å². The molecule has 4 nitrogen and oxygen atoms in total. The number of piperidine rings is 1. The smallest absolute Gasteiger partial charge is 0.321 e. The molecule has 0 spiro atoms. The van der Waals surface area contributed by atoms with E-state index in [1.807, 2.05) is 0 Å². The summed E-state index contributed by atoms with van der Waals surface area (Å²) in [5.74, 6) is 2.27. The number of nitrogens with zero attached hydrogens (tertiary/aromatic N) is 1. The van der Waals surface area contributed by atoms with Crippen molar-refractivity contribution < 1.29 is 13.9 Å². The highest BCUT2D eigenvalue weighted by atomic mass is 19.1. The number of benzene rings is 1. The van der Waals surface area contributed by atoms with Crippen molar-refractivity contribution in [1.29, 1.82) is 0 Å². The molecule has 2 rings (SSSR count). The van der Waals surface area contributed by atoms with E-state index in [0.29, 0.717) is 19.7 Å². The summed E-state index contributed by atoms with van der Waals surface area (Å²) in [4.78, 5) is 13.9. The summed E-state index contributed by atoms with van der Waals surface area (Å²) in [5, 5.41) is 2.61. The normalized spacial score (nSPS) is 18.1. The van der Waals surface area contributed by atoms with Crippen LogP contribution in [0.25, 0.3) is 0 Å². The monoisotopic (exact) mass is 290 g/mol. The zero-order valence-corrected chi connectivity index (χ0v) is 11.8. The van der Waals surface area contributed by atoms with E-state index >= 15 is 0 Å². The first-order valence-corrected chi connectivity index (χ1v) is 7.02. The second kappa shape index (κ2) is 7.65. The van der Waals surface area contributed by atoms with Gasteiger partial charge in [-0.05, 0) is 25.0 Å². The molecule has 1 saturated heterocycles. The number of terminal acetylenes is 1. The van der Waals surface area contributed by atoms with Gasteiger partial charge in [-0.3, -0.25) is 0 Å². The van der Waals surface area contributed by atoms with Gasteiger partial charge in [0.25, 0.3) is 0 Å². The predicted octanol–water partition coefficient (Wildman–Crippen LogP) is 2.72. The lowest BCUT2D eigenvalue weighted by Gasteiger charge is -2.32. The van der Waals surface area contributed by atoms with E-state index in [1.54, 1.807) is 23.1 Å². The van der Waals surface area contributed by atoms with Crippen LogP contribution in [0.3, 0.4) is 0 Å². The number of anilines is 1. The summed E-state index contributed by atoms with van der Waals surface area (Å²) in [5.41, 5.74) is 0.202. The fourth-order valence-electron chi connectivity index (χ4n) is 2.43. The molecule has 0 bridgehead atoms. The summed E-state index contributed by atoms with van der Waals surface area (Å²) in [6.07, 6.45) is 7.05. The van der Waals surface area contributed by atoms with Gasteiger partial charge >= 0.3 is 6.03 Å². The number of ether oxygens (including phenoxy) is 1. The summed E-state index contributed by atoms with van der Waals surface area (Å²) in [6, 6.07) is 5.87. The van der Waals surface area contributed by atoms with Crippen LogP contribution in [0.2, 0.25) is 0 Å². The number of nitrogens with one attached hydrogen (secondary N) is 1. The van der Waals surface area contributed by atoms with Crippen LogP contribution >= 0.6 is 0 Å². The minimum absolute atomic E-state index is 0.202. The summed E-state index contributed by atoms with van der Waals surface area (Å²) < 4.78 is 18.9. The number of amides is 2. The van der Waals surface area contributed by atoms with Gasteiger partial charge in [-0.15, -0.1) is 6.42 Å². The van der Waals surface area contributed by atoms with E-state index < -0.39 is 5.82 Å². The minimum atomic E-state index is -0.434. The largest absolute Gasteiger partial charge is 0.368 e. The molecule has 5 heteroatoms. The van der Waals surface area contributed by atoms with Crippen LogP contribution in [0, 0.1) is 24.1 Å². The fourth-order valence-corrected chi connectivity index (χ4v) is 2.43. The van der Waals surface area contributed by atoms with Crippen molar-refractivity contribution in [2.24, 2.45) is 5.92 Å². The van der Waals surface area contributed by atoms with E-state index in [4.69, 9.17) is 11.2 Å². The van der Waals surface area contributed by atoms with Crippen molar-refractivity contribution in [2.75, 3.05) is 31.6 Å². The minimum Gasteiger partial charge on any atom is -0.368 e. The first-order valence-electron chi connectivity index (χ1n) is 7.02. The molecule has 21 heavy (non-hydrogen) atoms. The lowest BCUT2D eigenvalue weighted by molar-refractivity contribution is 0.0883. The maximum Gasteiger partial charge on any atom is 0.321 e. The molecule has 2 amide bonds. The van der Waals surface area contributed by atoms with Crippen LogP contribution < -0.4 is 5.32 Å². The molecule has 1 aromatic rings. The van der Waals surface area contributed by atoms with E-state index in [0.717, 1.165) is 12.8 Å². The topological polar surface area (TPSA) is 41.6 Å². The Balaban J connectivity index is 1.87. The Morgan fingerprint density at radius 3 is 3.10 bits per heavy atom. The standard InChI is InChI=1S/C16H19FN2O2/c1-2-10-21-12-13-6-5-9-19(11-13)16(20)18-15-8-4-3-7-14(15)17/h1,3-4,7-8,13H,5-6,9-12H2,(H,18,20). The van der Waals surface area contributed by atoms with Gasteiger partial charge in [-0.1, -0.05) is 18.1 Å². The van der Waals surface area contributed by atoms with Gasteiger partial charge in [-0.2, -0.15) is 0 Å². The van der Waals surface area contributed by atoms with Crippen molar-refractivity contribution >= 4 is 11.7 Å². The third kappa shape index (κ3) is 4.47. The molecule has 0 aliphatic carbocycles. The molecule has 0 saturated carbocycles. The highest BCUT2D eigenvalue weighted by Crippen LogP contribution is 2.19. The average Bonchev–Trinajstić information content (AvgIpc) is 2.50. The molecule has 0 aromatic heterocycles. The van der Waals surface area contributed by atoms with Crippen molar-refractivity contribution in [3.63, 3.8) is 0 Å². The highest BCUT2D eigenvalue weighted by molar-refractivity contribution is 5.89. The van der Waals surface area contributed by atoms with Crippen molar-refractivity contribution in [2.45, 2.75) is 12.8 Å². The number of hydrogen-bond donors (Lipinski definition) is 1. The second-order valence-corrected chi connectivity index (χ2v) is 5.08. The van der Waals surface area contributed by atoms with Gasteiger partial charge in [0, 0.05) is 19.0 Å². The molecule has 1 N–H and O–H groups in total. The molecular weight excluding hydrogens is 271 g/mol. The number of urea groups is 1. The van der Waals surface area contributed by atoms with E-state index in [2.05, 4.69) is 11.2 Å². The number of likely N-dealkylation sites (tertiary alicyclic amines) is 1. The molecule has 1 unspecified atom stereocenters. The van der Waals surface area contributed by atoms with Crippen molar-refractivity contribution in [3.05, 3.63) is 30.1 Å². The van der Waals surface area contributed by atoms with Gasteiger partial charge < -0.3 is 15.0 Å². The van der Waals surface area contributed by atoms with Crippen LogP contribution in [0.15, 0.2) is 24.3 Å². The van der Waals surface area contributed by atoms with Crippen LogP contribution in [0.4, 0.5) is 14.9 Å². The number of para-hydroxylation sites is 1. The molecule has 112 valence electrons. The maximum absolute atomic E-state index is 13.5. The molecule has 0 radical (unpaired) electrons. The third-order valence-electron chi connectivity index (χ3n) is 3.46. The molecule has 1 fully saturated rings. The zero-order valence-electron chi connectivity index (χ0n) is 11.8. The second-order valence-electron chi connectivity index (χ2n) is 5.08. The van der Waals surface area contributed by atoms with Gasteiger partial charge in [0.2, 0.25) is 0 Å². The van der Waals surface area contributed by atoms with Crippen LogP contribution in [-0.2, 0) is 4.74 Å². The van der Waals surface area contributed by atoms with Crippen LogP contribution in [0.1, 0.15) is 12.8 Å². The maximum atomic E-state index is 13.5. The number of rotatable bonds is 4. The summed E-state index contributed by atoms with van der Waals surface area (Å²) in [7, 11) is 0. The summed E-state index contributed by atoms with van der Waals surface area (Å²) in [6.45, 7) is 2.11. The Kier molecular flexibility index (Phi) is 5.59. The SMILES string of the molecule is C#CCOCC1CCCN(C(=O)Nc2ccccc2F)C1.